The lowest BCUT2D eigenvalue weighted by molar-refractivity contribution is -0.0529. The molecule has 0 N–H and O–H groups in total. The normalized spacial score (nSPS) is 13.2. The van der Waals surface area contributed by atoms with Crippen molar-refractivity contribution in [3.05, 3.63) is 70.2 Å². The molecule has 3 heteroatoms. The number of halogens is 1. The number of nitrogens with zero attached hydrogens (tertiary/aromatic N) is 1. The van der Waals surface area contributed by atoms with Gasteiger partial charge in [-0.15, -0.1) is 0 Å². The SMILES string of the molecule is Cc1cc2ccc(C#CC(C)(C)N(C)C)cc2c(-c2ccc(Cl)cc2)c1C(C)OC(C)(C)C. The van der Waals surface area contributed by atoms with Gasteiger partial charge in [0, 0.05) is 10.6 Å². The molecule has 0 fully saturated rings. The number of aryl methyl sites for hydroxylation is 1. The summed E-state index contributed by atoms with van der Waals surface area (Å²) in [5.74, 6) is 6.82. The lowest BCUT2D eigenvalue weighted by atomic mass is 9.87. The molecule has 0 aliphatic carbocycles. The second-order valence-electron chi connectivity index (χ2n) is 10.5. The molecule has 0 aliphatic heterocycles. The number of benzene rings is 3. The molecule has 3 aromatic rings. The van der Waals surface area contributed by atoms with E-state index in [-0.39, 0.29) is 17.2 Å². The Bertz CT molecular complexity index is 1200. The summed E-state index contributed by atoms with van der Waals surface area (Å²) in [5.41, 5.74) is 5.30. The van der Waals surface area contributed by atoms with Crippen LogP contribution in [0.25, 0.3) is 21.9 Å². The quantitative estimate of drug-likeness (QED) is 0.364. The Balaban J connectivity index is 2.29. The first-order chi connectivity index (χ1) is 15.3. The maximum Gasteiger partial charge on any atom is 0.0812 e. The van der Waals surface area contributed by atoms with Crippen LogP contribution in [0.5, 0.6) is 0 Å². The highest BCUT2D eigenvalue weighted by atomic mass is 35.5. The van der Waals surface area contributed by atoms with E-state index in [4.69, 9.17) is 16.3 Å². The van der Waals surface area contributed by atoms with E-state index in [1.807, 2.05) is 12.1 Å². The molecule has 0 saturated heterocycles. The van der Waals surface area contributed by atoms with Gasteiger partial charge in [0.1, 0.15) is 0 Å². The fraction of sp³-hybridized carbons (Fsp3) is 0.400. The van der Waals surface area contributed by atoms with Gasteiger partial charge in [0.2, 0.25) is 0 Å². The second kappa shape index (κ2) is 9.51. The summed E-state index contributed by atoms with van der Waals surface area (Å²) in [6.45, 7) is 14.9. The summed E-state index contributed by atoms with van der Waals surface area (Å²) in [6, 6.07) is 16.8. The standard InChI is InChI=1S/C30H36ClNO/c1-20-18-24-11-10-22(16-17-30(6,7)32(8)9)19-26(24)28(23-12-14-25(31)15-13-23)27(20)21(2)33-29(3,4)5/h10-15,18-19,21H,1-9H3. The van der Waals surface area contributed by atoms with E-state index in [1.165, 1.54) is 27.5 Å². The third-order valence-electron chi connectivity index (χ3n) is 6.09. The van der Waals surface area contributed by atoms with Crippen molar-refractivity contribution in [2.24, 2.45) is 0 Å². The summed E-state index contributed by atoms with van der Waals surface area (Å²) in [6.07, 6.45) is -0.0671. The number of rotatable bonds is 4. The van der Waals surface area contributed by atoms with Gasteiger partial charge in [0.05, 0.1) is 17.2 Å². The largest absolute Gasteiger partial charge is 0.368 e. The molecule has 33 heavy (non-hydrogen) atoms. The Morgan fingerprint density at radius 3 is 2.15 bits per heavy atom. The Morgan fingerprint density at radius 2 is 1.58 bits per heavy atom. The van der Waals surface area contributed by atoms with E-state index < -0.39 is 0 Å². The average molecular weight is 462 g/mol. The summed E-state index contributed by atoms with van der Waals surface area (Å²) < 4.78 is 6.43. The maximum absolute atomic E-state index is 6.43. The highest BCUT2D eigenvalue weighted by molar-refractivity contribution is 6.30. The first-order valence-electron chi connectivity index (χ1n) is 11.5. The van der Waals surface area contributed by atoms with Crippen molar-refractivity contribution in [1.82, 2.24) is 4.90 Å². The molecule has 3 aromatic carbocycles. The lowest BCUT2D eigenvalue weighted by Crippen LogP contribution is -2.36. The van der Waals surface area contributed by atoms with E-state index in [9.17, 15) is 0 Å². The van der Waals surface area contributed by atoms with Crippen LogP contribution in [0.3, 0.4) is 0 Å². The van der Waals surface area contributed by atoms with Crippen LogP contribution in [0.15, 0.2) is 48.5 Å². The summed E-state index contributed by atoms with van der Waals surface area (Å²) in [5, 5.41) is 3.10. The van der Waals surface area contributed by atoms with Crippen LogP contribution in [0.2, 0.25) is 5.02 Å². The molecule has 2 nitrogen and oxygen atoms in total. The van der Waals surface area contributed by atoms with Crippen molar-refractivity contribution in [3.8, 4) is 23.0 Å². The Labute approximate surface area is 204 Å². The zero-order valence-electron chi connectivity index (χ0n) is 21.4. The first kappa shape index (κ1) is 25.3. The number of hydrogen-bond acceptors (Lipinski definition) is 2. The van der Waals surface area contributed by atoms with Crippen molar-refractivity contribution < 1.29 is 4.74 Å². The van der Waals surface area contributed by atoms with Gasteiger partial charge in [-0.2, -0.15) is 0 Å². The van der Waals surface area contributed by atoms with Crippen LogP contribution in [0.1, 0.15) is 64.3 Å². The molecule has 0 spiro atoms. The smallest absolute Gasteiger partial charge is 0.0812 e. The van der Waals surface area contributed by atoms with Gasteiger partial charge in [-0.1, -0.05) is 47.7 Å². The molecular formula is C30H36ClNO. The van der Waals surface area contributed by atoms with Crippen molar-refractivity contribution in [1.29, 1.82) is 0 Å². The van der Waals surface area contributed by atoms with Gasteiger partial charge in [-0.3, -0.25) is 4.90 Å². The topological polar surface area (TPSA) is 12.5 Å². The van der Waals surface area contributed by atoms with E-state index in [1.54, 1.807) is 0 Å². The molecule has 0 radical (unpaired) electrons. The van der Waals surface area contributed by atoms with E-state index in [2.05, 4.69) is 116 Å². The summed E-state index contributed by atoms with van der Waals surface area (Å²) in [4.78, 5) is 2.13. The minimum Gasteiger partial charge on any atom is -0.368 e. The van der Waals surface area contributed by atoms with Gasteiger partial charge in [-0.25, -0.2) is 0 Å². The van der Waals surface area contributed by atoms with Gasteiger partial charge in [-0.05, 0) is 120 Å². The van der Waals surface area contributed by atoms with Crippen molar-refractivity contribution in [3.63, 3.8) is 0 Å². The van der Waals surface area contributed by atoms with Crippen LogP contribution in [-0.4, -0.2) is 30.1 Å². The molecule has 0 aliphatic rings. The average Bonchev–Trinajstić information content (AvgIpc) is 2.70. The van der Waals surface area contributed by atoms with Crippen molar-refractivity contribution in [2.45, 2.75) is 65.7 Å². The van der Waals surface area contributed by atoms with Gasteiger partial charge >= 0.3 is 0 Å². The third kappa shape index (κ3) is 5.98. The second-order valence-corrected chi connectivity index (χ2v) is 10.9. The fourth-order valence-corrected chi connectivity index (χ4v) is 4.13. The molecule has 0 heterocycles. The fourth-order valence-electron chi connectivity index (χ4n) is 4.01. The van der Waals surface area contributed by atoms with E-state index in [0.717, 1.165) is 16.1 Å². The molecule has 1 atom stereocenters. The maximum atomic E-state index is 6.43. The summed E-state index contributed by atoms with van der Waals surface area (Å²) in [7, 11) is 4.11. The minimum absolute atomic E-state index is 0.0671. The molecule has 0 bridgehead atoms. The van der Waals surface area contributed by atoms with Crippen LogP contribution in [-0.2, 0) is 4.74 Å². The van der Waals surface area contributed by atoms with Crippen LogP contribution in [0.4, 0.5) is 0 Å². The highest BCUT2D eigenvalue weighted by Gasteiger charge is 2.23. The first-order valence-corrected chi connectivity index (χ1v) is 11.9. The number of ether oxygens (including phenoxy) is 1. The number of hydrogen-bond donors (Lipinski definition) is 0. The molecule has 1 unspecified atom stereocenters. The van der Waals surface area contributed by atoms with Gasteiger partial charge in [0.25, 0.3) is 0 Å². The van der Waals surface area contributed by atoms with E-state index >= 15 is 0 Å². The van der Waals surface area contributed by atoms with Crippen LogP contribution >= 0.6 is 11.6 Å². The lowest BCUT2D eigenvalue weighted by Gasteiger charge is -2.29. The Kier molecular flexibility index (Phi) is 7.30. The Morgan fingerprint density at radius 1 is 0.939 bits per heavy atom. The van der Waals surface area contributed by atoms with Gasteiger partial charge in [0.15, 0.2) is 0 Å². The molecule has 0 aromatic heterocycles. The molecule has 174 valence electrons. The molecular weight excluding hydrogens is 426 g/mol. The van der Waals surface area contributed by atoms with Crippen LogP contribution < -0.4 is 0 Å². The zero-order chi connectivity index (χ0) is 24.6. The number of fused-ring (bicyclic) bond motifs is 1. The third-order valence-corrected chi connectivity index (χ3v) is 6.34. The summed E-state index contributed by atoms with van der Waals surface area (Å²) >= 11 is 6.23. The highest BCUT2D eigenvalue weighted by Crippen LogP contribution is 2.40. The predicted molar refractivity (Wildman–Crippen MR) is 143 cm³/mol. The minimum atomic E-state index is -0.247. The monoisotopic (exact) mass is 461 g/mol. The predicted octanol–water partition coefficient (Wildman–Crippen LogP) is 8.04. The van der Waals surface area contributed by atoms with Crippen molar-refractivity contribution >= 4 is 22.4 Å². The molecule has 3 rings (SSSR count). The van der Waals surface area contributed by atoms with Gasteiger partial charge < -0.3 is 4.74 Å². The van der Waals surface area contributed by atoms with E-state index in [0.29, 0.717) is 0 Å². The van der Waals surface area contributed by atoms with Crippen molar-refractivity contribution in [2.75, 3.05) is 14.1 Å². The zero-order valence-corrected chi connectivity index (χ0v) is 22.2. The van der Waals surface area contributed by atoms with Crippen LogP contribution in [0, 0.1) is 18.8 Å². The Hall–Kier alpha value is -2.31. The molecule has 0 saturated carbocycles. The molecule has 0 amide bonds.